The summed E-state index contributed by atoms with van der Waals surface area (Å²) in [6, 6.07) is 9.82. The van der Waals surface area contributed by atoms with E-state index in [4.69, 9.17) is 18.9 Å². The van der Waals surface area contributed by atoms with Crippen LogP contribution in [0.3, 0.4) is 0 Å². The highest BCUT2D eigenvalue weighted by Gasteiger charge is 2.20. The molecular formula is C25H29N3O7. The van der Waals surface area contributed by atoms with E-state index in [0.29, 0.717) is 40.3 Å². The molecule has 0 radical (unpaired) electrons. The number of aryl methyl sites for hydroxylation is 1. The maximum absolute atomic E-state index is 12.9. The molecule has 3 rings (SSSR count). The Morgan fingerprint density at radius 3 is 2.23 bits per heavy atom. The Morgan fingerprint density at radius 1 is 0.971 bits per heavy atom. The number of rotatable bonds is 11. The van der Waals surface area contributed by atoms with Crippen molar-refractivity contribution in [2.45, 2.75) is 32.7 Å². The molecule has 10 heteroatoms. The number of carbonyl (C=O) groups excluding carboxylic acids is 2. The number of nitrogens with one attached hydrogen (secondary N) is 1. The fraction of sp³-hybridized carbons (Fsp3) is 0.360. The summed E-state index contributed by atoms with van der Waals surface area (Å²) in [5.41, 5.74) is 0.0827. The van der Waals surface area contributed by atoms with Crippen LogP contribution < -0.4 is 25.1 Å². The lowest BCUT2D eigenvalue weighted by Crippen LogP contribution is -2.28. The lowest BCUT2D eigenvalue weighted by atomic mass is 10.1. The second-order valence-electron chi connectivity index (χ2n) is 7.67. The Hall–Kier alpha value is -4.08. The number of carbonyl (C=O) groups is 2. The van der Waals surface area contributed by atoms with Gasteiger partial charge in [0.2, 0.25) is 5.75 Å². The van der Waals surface area contributed by atoms with Crippen LogP contribution in [-0.4, -0.2) is 49.6 Å². The third-order valence-electron chi connectivity index (χ3n) is 5.32. The van der Waals surface area contributed by atoms with Gasteiger partial charge in [-0.05, 0) is 12.5 Å². The molecule has 0 saturated carbocycles. The van der Waals surface area contributed by atoms with E-state index in [0.717, 1.165) is 19.3 Å². The molecule has 1 aromatic heterocycles. The molecule has 2 aromatic carbocycles. The van der Waals surface area contributed by atoms with Crippen LogP contribution in [0.25, 0.3) is 10.8 Å². The van der Waals surface area contributed by atoms with E-state index >= 15 is 0 Å². The number of benzene rings is 2. The summed E-state index contributed by atoms with van der Waals surface area (Å²) >= 11 is 0. The second-order valence-corrected chi connectivity index (χ2v) is 7.67. The van der Waals surface area contributed by atoms with E-state index in [1.165, 1.54) is 26.0 Å². The predicted molar refractivity (Wildman–Crippen MR) is 131 cm³/mol. The summed E-state index contributed by atoms with van der Waals surface area (Å²) in [6.45, 7) is 1.89. The van der Waals surface area contributed by atoms with Crippen molar-refractivity contribution in [1.29, 1.82) is 0 Å². The Kier molecular flexibility index (Phi) is 8.66. The molecule has 1 N–H and O–H groups in total. The van der Waals surface area contributed by atoms with E-state index in [2.05, 4.69) is 17.3 Å². The number of amides is 1. The lowest BCUT2D eigenvalue weighted by molar-refractivity contribution is -0.119. The molecule has 0 saturated heterocycles. The highest BCUT2D eigenvalue weighted by Crippen LogP contribution is 2.39. The van der Waals surface area contributed by atoms with Crippen LogP contribution in [0.4, 0.5) is 5.69 Å². The molecule has 0 aliphatic heterocycles. The van der Waals surface area contributed by atoms with Crippen molar-refractivity contribution in [2.75, 3.05) is 33.3 Å². The van der Waals surface area contributed by atoms with Gasteiger partial charge in [-0.25, -0.2) is 9.48 Å². The third-order valence-corrected chi connectivity index (χ3v) is 5.32. The molecule has 0 unspecified atom stereocenters. The van der Waals surface area contributed by atoms with Crippen LogP contribution in [0, 0.1) is 0 Å². The average molecular weight is 484 g/mol. The van der Waals surface area contributed by atoms with Crippen LogP contribution in [0.1, 0.15) is 36.7 Å². The third kappa shape index (κ3) is 5.89. The van der Waals surface area contributed by atoms with Crippen LogP contribution in [0.5, 0.6) is 17.2 Å². The highest BCUT2D eigenvalue weighted by atomic mass is 16.5. The summed E-state index contributed by atoms with van der Waals surface area (Å²) < 4.78 is 22.3. The van der Waals surface area contributed by atoms with E-state index in [-0.39, 0.29) is 11.3 Å². The summed E-state index contributed by atoms with van der Waals surface area (Å²) in [7, 11) is 4.40. The Labute approximate surface area is 202 Å². The number of esters is 1. The number of nitrogens with zero attached hydrogens (tertiary/aromatic N) is 2. The fourth-order valence-corrected chi connectivity index (χ4v) is 3.60. The summed E-state index contributed by atoms with van der Waals surface area (Å²) in [5, 5.41) is 7.63. The Morgan fingerprint density at radius 2 is 1.63 bits per heavy atom. The monoisotopic (exact) mass is 483 g/mol. The Bertz CT molecular complexity index is 1240. The van der Waals surface area contributed by atoms with Gasteiger partial charge in [0.25, 0.3) is 11.5 Å². The number of methoxy groups -OCH3 is 3. The van der Waals surface area contributed by atoms with Gasteiger partial charge in [-0.1, -0.05) is 38.0 Å². The zero-order valence-electron chi connectivity index (χ0n) is 20.3. The average Bonchev–Trinajstić information content (AvgIpc) is 2.88. The first-order chi connectivity index (χ1) is 16.9. The first kappa shape index (κ1) is 25.5. The van der Waals surface area contributed by atoms with Gasteiger partial charge in [0.05, 0.1) is 26.7 Å². The van der Waals surface area contributed by atoms with Crippen molar-refractivity contribution >= 4 is 28.3 Å². The normalized spacial score (nSPS) is 10.6. The molecule has 0 fully saturated rings. The quantitative estimate of drug-likeness (QED) is 0.326. The minimum Gasteiger partial charge on any atom is -0.493 e. The molecule has 0 atom stereocenters. The molecule has 0 aliphatic rings. The number of fused-ring (bicyclic) bond motifs is 1. The zero-order valence-corrected chi connectivity index (χ0v) is 20.3. The van der Waals surface area contributed by atoms with Crippen LogP contribution in [0.15, 0.2) is 41.2 Å². The SMILES string of the molecule is CCCCCn1nc(C(=O)OCC(=O)Nc2cc(OC)c(OC)c(OC)c2)c2ccccc2c1=O. The number of unbranched alkanes of at least 4 members (excludes halogenated alkanes) is 2. The number of aromatic nitrogens is 2. The largest absolute Gasteiger partial charge is 0.493 e. The smallest absolute Gasteiger partial charge is 0.359 e. The van der Waals surface area contributed by atoms with Gasteiger partial charge in [0.1, 0.15) is 0 Å². The first-order valence-corrected chi connectivity index (χ1v) is 11.2. The van der Waals surface area contributed by atoms with Gasteiger partial charge in [0.15, 0.2) is 23.8 Å². The molecule has 186 valence electrons. The predicted octanol–water partition coefficient (Wildman–Crippen LogP) is 3.41. The van der Waals surface area contributed by atoms with Crippen molar-refractivity contribution in [2.24, 2.45) is 0 Å². The van der Waals surface area contributed by atoms with Crippen LogP contribution in [0.2, 0.25) is 0 Å². The summed E-state index contributed by atoms with van der Waals surface area (Å²) in [6.07, 6.45) is 2.67. The van der Waals surface area contributed by atoms with Gasteiger partial charge in [-0.3, -0.25) is 9.59 Å². The molecule has 35 heavy (non-hydrogen) atoms. The first-order valence-electron chi connectivity index (χ1n) is 11.2. The summed E-state index contributed by atoms with van der Waals surface area (Å²) in [5.74, 6) is -0.273. The van der Waals surface area contributed by atoms with E-state index < -0.39 is 18.5 Å². The number of anilines is 1. The Balaban J connectivity index is 1.77. The highest BCUT2D eigenvalue weighted by molar-refractivity contribution is 6.03. The lowest BCUT2D eigenvalue weighted by Gasteiger charge is -2.14. The maximum atomic E-state index is 12.9. The van der Waals surface area contributed by atoms with E-state index in [1.54, 1.807) is 36.4 Å². The number of ether oxygens (including phenoxy) is 4. The van der Waals surface area contributed by atoms with Gasteiger partial charge in [-0.15, -0.1) is 0 Å². The van der Waals surface area contributed by atoms with Crippen molar-refractivity contribution in [3.63, 3.8) is 0 Å². The minimum absolute atomic E-state index is 0.0164. The number of hydrogen-bond donors (Lipinski definition) is 1. The number of hydrogen-bond acceptors (Lipinski definition) is 8. The molecule has 1 heterocycles. The molecule has 0 aliphatic carbocycles. The van der Waals surface area contributed by atoms with Crippen LogP contribution in [-0.2, 0) is 16.1 Å². The molecule has 0 spiro atoms. The van der Waals surface area contributed by atoms with Gasteiger partial charge < -0.3 is 24.3 Å². The standard InChI is InChI=1S/C25H29N3O7/c1-5-6-9-12-28-24(30)18-11-8-7-10-17(18)22(27-28)25(31)35-15-21(29)26-16-13-19(32-2)23(34-4)20(14-16)33-3/h7-8,10-11,13-14H,5-6,9,12,15H2,1-4H3,(H,26,29). The van der Waals surface area contributed by atoms with Gasteiger partial charge in [-0.2, -0.15) is 5.10 Å². The molecular weight excluding hydrogens is 454 g/mol. The van der Waals surface area contributed by atoms with Crippen molar-refractivity contribution in [3.05, 3.63) is 52.4 Å². The maximum Gasteiger partial charge on any atom is 0.359 e. The topological polar surface area (TPSA) is 118 Å². The molecule has 0 bridgehead atoms. The zero-order chi connectivity index (χ0) is 25.4. The van der Waals surface area contributed by atoms with Crippen molar-refractivity contribution in [3.8, 4) is 17.2 Å². The summed E-state index contributed by atoms with van der Waals surface area (Å²) in [4.78, 5) is 38.1. The van der Waals surface area contributed by atoms with Gasteiger partial charge >= 0.3 is 5.97 Å². The fourth-order valence-electron chi connectivity index (χ4n) is 3.60. The second kappa shape index (κ2) is 11.9. The molecule has 1 amide bonds. The molecule has 3 aromatic rings. The van der Waals surface area contributed by atoms with E-state index in [9.17, 15) is 14.4 Å². The van der Waals surface area contributed by atoms with E-state index in [1.807, 2.05) is 0 Å². The molecule has 10 nitrogen and oxygen atoms in total. The van der Waals surface area contributed by atoms with Crippen molar-refractivity contribution in [1.82, 2.24) is 9.78 Å². The van der Waals surface area contributed by atoms with Crippen LogP contribution >= 0.6 is 0 Å². The minimum atomic E-state index is -0.800. The van der Waals surface area contributed by atoms with Gasteiger partial charge in [0, 0.05) is 29.8 Å². The van der Waals surface area contributed by atoms with Crippen molar-refractivity contribution < 1.29 is 28.5 Å².